The highest BCUT2D eigenvalue weighted by Crippen LogP contribution is 2.19. The molecule has 0 unspecified atom stereocenters. The van der Waals surface area contributed by atoms with Crippen LogP contribution in [-0.2, 0) is 0 Å². The Labute approximate surface area is 72.5 Å². The van der Waals surface area contributed by atoms with Gasteiger partial charge < -0.3 is 0 Å². The SMILES string of the molecule is Cc1ccc(SN(C)C)cc1. The summed E-state index contributed by atoms with van der Waals surface area (Å²) < 4.78 is 2.09. The number of rotatable bonds is 2. The minimum absolute atomic E-state index is 1.29. The molecule has 0 N–H and O–H groups in total. The molecule has 1 aromatic rings. The third-order valence-electron chi connectivity index (χ3n) is 1.31. The first kappa shape index (κ1) is 8.62. The monoisotopic (exact) mass is 167 g/mol. The first-order valence-corrected chi connectivity index (χ1v) is 4.38. The van der Waals surface area contributed by atoms with Gasteiger partial charge in [0.2, 0.25) is 0 Å². The van der Waals surface area contributed by atoms with Crippen LogP contribution in [-0.4, -0.2) is 18.4 Å². The maximum absolute atomic E-state index is 2.14. The molecule has 0 atom stereocenters. The minimum atomic E-state index is 1.29. The predicted octanol–water partition coefficient (Wildman–Crippen LogP) is 2.56. The lowest BCUT2D eigenvalue weighted by molar-refractivity contribution is 0.702. The van der Waals surface area contributed by atoms with Crippen LogP contribution in [0, 0.1) is 6.92 Å². The molecule has 1 nitrogen and oxygen atoms in total. The zero-order chi connectivity index (χ0) is 8.27. The van der Waals surface area contributed by atoms with E-state index < -0.39 is 0 Å². The van der Waals surface area contributed by atoms with Crippen molar-refractivity contribution in [3.8, 4) is 0 Å². The highest BCUT2D eigenvalue weighted by molar-refractivity contribution is 7.97. The van der Waals surface area contributed by atoms with Crippen molar-refractivity contribution in [3.05, 3.63) is 29.8 Å². The Morgan fingerprint density at radius 1 is 1.09 bits per heavy atom. The molecule has 0 aliphatic carbocycles. The van der Waals surface area contributed by atoms with Crippen molar-refractivity contribution in [1.82, 2.24) is 4.31 Å². The van der Waals surface area contributed by atoms with E-state index >= 15 is 0 Å². The summed E-state index contributed by atoms with van der Waals surface area (Å²) in [5.74, 6) is 0. The van der Waals surface area contributed by atoms with Crippen LogP contribution in [0.3, 0.4) is 0 Å². The molecule has 0 bridgehead atoms. The molecule has 0 radical (unpaired) electrons. The molecule has 0 fully saturated rings. The van der Waals surface area contributed by atoms with Crippen molar-refractivity contribution < 1.29 is 0 Å². The van der Waals surface area contributed by atoms with Gasteiger partial charge in [0.25, 0.3) is 0 Å². The quantitative estimate of drug-likeness (QED) is 0.623. The molecule has 0 heterocycles. The molecule has 0 spiro atoms. The Bertz CT molecular complexity index is 216. The van der Waals surface area contributed by atoms with Crippen LogP contribution in [0.5, 0.6) is 0 Å². The summed E-state index contributed by atoms with van der Waals surface area (Å²) in [5, 5.41) is 0. The van der Waals surface area contributed by atoms with Gasteiger partial charge in [0.05, 0.1) is 0 Å². The van der Waals surface area contributed by atoms with E-state index in [9.17, 15) is 0 Å². The zero-order valence-electron chi connectivity index (χ0n) is 7.16. The van der Waals surface area contributed by atoms with Gasteiger partial charge in [-0.25, -0.2) is 0 Å². The van der Waals surface area contributed by atoms with Crippen LogP contribution in [0.2, 0.25) is 0 Å². The van der Waals surface area contributed by atoms with Crippen LogP contribution >= 0.6 is 11.9 Å². The van der Waals surface area contributed by atoms with Crippen LogP contribution in [0.25, 0.3) is 0 Å². The Balaban J connectivity index is 2.66. The van der Waals surface area contributed by atoms with Crippen molar-refractivity contribution in [2.24, 2.45) is 0 Å². The van der Waals surface area contributed by atoms with E-state index in [0.717, 1.165) is 0 Å². The van der Waals surface area contributed by atoms with Gasteiger partial charge in [-0.2, -0.15) is 0 Å². The fourth-order valence-corrected chi connectivity index (χ4v) is 1.49. The Hall–Kier alpha value is -0.470. The average molecular weight is 167 g/mol. The average Bonchev–Trinajstić information content (AvgIpc) is 1.93. The fourth-order valence-electron chi connectivity index (χ4n) is 0.810. The van der Waals surface area contributed by atoms with E-state index in [1.54, 1.807) is 11.9 Å². The third-order valence-corrected chi connectivity index (χ3v) is 2.16. The standard InChI is InChI=1S/C9H13NS/c1-8-4-6-9(7-5-8)11-10(2)3/h4-7H,1-3H3. The zero-order valence-corrected chi connectivity index (χ0v) is 7.98. The number of nitrogens with zero attached hydrogens (tertiary/aromatic N) is 1. The summed E-state index contributed by atoms with van der Waals surface area (Å²) >= 11 is 1.74. The molecule has 0 aliphatic heterocycles. The van der Waals surface area contributed by atoms with Gasteiger partial charge >= 0.3 is 0 Å². The maximum Gasteiger partial charge on any atom is 0.0230 e. The lowest BCUT2D eigenvalue weighted by Gasteiger charge is -2.07. The van der Waals surface area contributed by atoms with Crippen molar-refractivity contribution >= 4 is 11.9 Å². The molecule has 1 aromatic carbocycles. The van der Waals surface area contributed by atoms with E-state index in [-0.39, 0.29) is 0 Å². The Kier molecular flexibility index (Phi) is 2.97. The topological polar surface area (TPSA) is 3.24 Å². The number of hydrogen-bond acceptors (Lipinski definition) is 2. The normalized spacial score (nSPS) is 10.5. The highest BCUT2D eigenvalue weighted by Gasteiger charge is 1.93. The molecule has 11 heavy (non-hydrogen) atoms. The van der Waals surface area contributed by atoms with Crippen molar-refractivity contribution in [1.29, 1.82) is 0 Å². The largest absolute Gasteiger partial charge is 0.253 e. The molecule has 60 valence electrons. The van der Waals surface area contributed by atoms with Gasteiger partial charge in [-0.3, -0.25) is 4.31 Å². The number of hydrogen-bond donors (Lipinski definition) is 0. The van der Waals surface area contributed by atoms with Crippen molar-refractivity contribution in [2.45, 2.75) is 11.8 Å². The van der Waals surface area contributed by atoms with E-state index in [1.165, 1.54) is 10.5 Å². The van der Waals surface area contributed by atoms with E-state index in [2.05, 4.69) is 35.5 Å². The lowest BCUT2D eigenvalue weighted by Crippen LogP contribution is -1.98. The van der Waals surface area contributed by atoms with E-state index in [0.29, 0.717) is 0 Å². The first-order valence-electron chi connectivity index (χ1n) is 3.60. The molecular formula is C9H13NS. The Morgan fingerprint density at radius 2 is 1.64 bits per heavy atom. The van der Waals surface area contributed by atoms with Crippen molar-refractivity contribution in [2.75, 3.05) is 14.1 Å². The highest BCUT2D eigenvalue weighted by atomic mass is 32.2. The summed E-state index contributed by atoms with van der Waals surface area (Å²) in [6.45, 7) is 2.10. The van der Waals surface area contributed by atoms with Crippen LogP contribution < -0.4 is 0 Å². The molecular weight excluding hydrogens is 154 g/mol. The summed E-state index contributed by atoms with van der Waals surface area (Å²) in [6.07, 6.45) is 0. The van der Waals surface area contributed by atoms with Crippen LogP contribution in [0.1, 0.15) is 5.56 Å². The summed E-state index contributed by atoms with van der Waals surface area (Å²) in [7, 11) is 4.09. The van der Waals surface area contributed by atoms with Gasteiger partial charge in [-0.15, -0.1) is 0 Å². The maximum atomic E-state index is 2.14. The number of benzene rings is 1. The molecule has 0 saturated heterocycles. The predicted molar refractivity (Wildman–Crippen MR) is 50.7 cm³/mol. The second-order valence-corrected chi connectivity index (χ2v) is 4.10. The van der Waals surface area contributed by atoms with Gasteiger partial charge in [-0.1, -0.05) is 17.7 Å². The minimum Gasteiger partial charge on any atom is -0.253 e. The molecule has 1 rings (SSSR count). The van der Waals surface area contributed by atoms with Gasteiger partial charge in [-0.05, 0) is 45.1 Å². The van der Waals surface area contributed by atoms with Gasteiger partial charge in [0.15, 0.2) is 0 Å². The lowest BCUT2D eigenvalue weighted by atomic mass is 10.2. The Morgan fingerprint density at radius 3 is 2.09 bits per heavy atom. The smallest absolute Gasteiger partial charge is 0.0230 e. The molecule has 0 amide bonds. The molecule has 0 aromatic heterocycles. The third kappa shape index (κ3) is 2.95. The van der Waals surface area contributed by atoms with Gasteiger partial charge in [0, 0.05) is 4.90 Å². The van der Waals surface area contributed by atoms with Gasteiger partial charge in [0.1, 0.15) is 0 Å². The summed E-state index contributed by atoms with van der Waals surface area (Å²) in [4.78, 5) is 1.29. The molecule has 0 saturated carbocycles. The molecule has 2 heteroatoms. The number of aryl methyl sites for hydroxylation is 1. The van der Waals surface area contributed by atoms with Crippen LogP contribution in [0.15, 0.2) is 29.2 Å². The van der Waals surface area contributed by atoms with Crippen molar-refractivity contribution in [3.63, 3.8) is 0 Å². The van der Waals surface area contributed by atoms with E-state index in [1.807, 2.05) is 14.1 Å². The fraction of sp³-hybridized carbons (Fsp3) is 0.333. The second-order valence-electron chi connectivity index (χ2n) is 2.72. The first-order chi connectivity index (χ1) is 5.18. The van der Waals surface area contributed by atoms with Crippen LogP contribution in [0.4, 0.5) is 0 Å². The second kappa shape index (κ2) is 3.79. The van der Waals surface area contributed by atoms with E-state index in [4.69, 9.17) is 0 Å². The summed E-state index contributed by atoms with van der Waals surface area (Å²) in [5.41, 5.74) is 1.31. The molecule has 0 aliphatic rings. The summed E-state index contributed by atoms with van der Waals surface area (Å²) in [6, 6.07) is 8.54.